The first-order valence-corrected chi connectivity index (χ1v) is 14.3. The Morgan fingerprint density at radius 3 is 1.68 bits per heavy atom. The molecule has 0 aromatic heterocycles. The van der Waals surface area contributed by atoms with Gasteiger partial charge in [-0.05, 0) is 45.0 Å². The molecule has 0 saturated heterocycles. The highest BCUT2D eigenvalue weighted by Crippen LogP contribution is 2.39. The maximum Gasteiger partial charge on any atom is 0.307 e. The number of nitrogens with zero attached hydrogens (tertiary/aromatic N) is 1. The van der Waals surface area contributed by atoms with Gasteiger partial charge >= 0.3 is 11.9 Å². The van der Waals surface area contributed by atoms with Crippen LogP contribution in [0.3, 0.4) is 0 Å². The van der Waals surface area contributed by atoms with Gasteiger partial charge in [0, 0.05) is 12.5 Å². The van der Waals surface area contributed by atoms with E-state index >= 15 is 0 Å². The van der Waals surface area contributed by atoms with E-state index in [0.29, 0.717) is 18.9 Å². The number of hydrogen-bond acceptors (Lipinski definition) is 4. The van der Waals surface area contributed by atoms with E-state index in [0.717, 1.165) is 36.8 Å². The Hall–Kier alpha value is -2.70. The summed E-state index contributed by atoms with van der Waals surface area (Å²) in [5.41, 5.74) is 1.60. The fourth-order valence-electron chi connectivity index (χ4n) is 4.91. The molecule has 0 aliphatic rings. The van der Waals surface area contributed by atoms with Gasteiger partial charge < -0.3 is 15.1 Å². The molecule has 2 rings (SSSR count). The number of carboxylic acid groups (broad SMARTS) is 2. The fourth-order valence-corrected chi connectivity index (χ4v) is 4.91. The van der Waals surface area contributed by atoms with Gasteiger partial charge in [0.25, 0.3) is 0 Å². The molecule has 0 radical (unpaired) electrons. The smallest absolute Gasteiger partial charge is 0.307 e. The fraction of sp³-hybridized carbons (Fsp3) is 0.545. The van der Waals surface area contributed by atoms with Crippen LogP contribution in [0.5, 0.6) is 0 Å². The molecular weight excluding hydrogens is 526 g/mol. The van der Waals surface area contributed by atoms with Gasteiger partial charge in [-0.15, -0.1) is 12.4 Å². The van der Waals surface area contributed by atoms with Gasteiger partial charge in [-0.2, -0.15) is 0 Å². The van der Waals surface area contributed by atoms with Gasteiger partial charge in [0.15, 0.2) is 0 Å². The van der Waals surface area contributed by atoms with Crippen molar-refractivity contribution in [1.29, 1.82) is 0 Å². The van der Waals surface area contributed by atoms with Crippen LogP contribution in [-0.2, 0) is 19.8 Å². The van der Waals surface area contributed by atoms with Gasteiger partial charge in [0.1, 0.15) is 5.78 Å². The highest BCUT2D eigenvalue weighted by atomic mass is 35.5. The second-order valence-corrected chi connectivity index (χ2v) is 10.6. The Morgan fingerprint density at radius 1 is 0.800 bits per heavy atom. The van der Waals surface area contributed by atoms with Crippen molar-refractivity contribution in [2.24, 2.45) is 5.92 Å². The first kappa shape index (κ1) is 37.3. The number of hydrogen-bond donors (Lipinski definition) is 2. The zero-order valence-electron chi connectivity index (χ0n) is 25.0. The summed E-state index contributed by atoms with van der Waals surface area (Å²) in [5, 5.41) is 17.3. The molecule has 0 bridgehead atoms. The summed E-state index contributed by atoms with van der Waals surface area (Å²) in [6.45, 7) is 6.29. The van der Waals surface area contributed by atoms with Crippen LogP contribution < -0.4 is 0 Å². The van der Waals surface area contributed by atoms with Crippen molar-refractivity contribution in [3.05, 3.63) is 71.8 Å². The summed E-state index contributed by atoms with van der Waals surface area (Å²) in [6.07, 6.45) is 8.06. The molecule has 0 amide bonds. The third kappa shape index (κ3) is 12.2. The second-order valence-electron chi connectivity index (χ2n) is 10.6. The Bertz CT molecular complexity index is 941. The molecule has 2 aromatic rings. The Balaban J connectivity index is 0.000000794. The monoisotopic (exact) mass is 575 g/mol. The molecule has 0 saturated carbocycles. The number of halogens is 1. The van der Waals surface area contributed by atoms with Gasteiger partial charge in [-0.3, -0.25) is 14.4 Å². The summed E-state index contributed by atoms with van der Waals surface area (Å²) in [7, 11) is 4.14. The average Bonchev–Trinajstić information content (AvgIpc) is 2.93. The third-order valence-electron chi connectivity index (χ3n) is 7.49. The maximum atomic E-state index is 13.2. The van der Waals surface area contributed by atoms with E-state index in [2.05, 4.69) is 57.1 Å². The number of aliphatic carboxylic acids is 2. The minimum absolute atomic E-state index is 0. The summed E-state index contributed by atoms with van der Waals surface area (Å²) in [6, 6.07) is 20.7. The average molecular weight is 576 g/mol. The van der Waals surface area contributed by atoms with E-state index in [1.165, 1.54) is 19.3 Å². The SMILES string of the molecule is CCC(=O)C(CC(C)N(C)C)(c1ccccc1)c1ccccc1.CCCCCCCCC(CC(=O)O)C(=O)O.Cl. The molecular formula is C33H50ClNO5. The lowest BCUT2D eigenvalue weighted by Gasteiger charge is -2.37. The summed E-state index contributed by atoms with van der Waals surface area (Å²) < 4.78 is 0. The van der Waals surface area contributed by atoms with Gasteiger partial charge in [0.05, 0.1) is 17.8 Å². The van der Waals surface area contributed by atoms with Crippen molar-refractivity contribution in [2.75, 3.05) is 14.1 Å². The lowest BCUT2D eigenvalue weighted by atomic mass is 9.67. The van der Waals surface area contributed by atoms with Crippen LogP contribution in [0.1, 0.15) is 96.1 Å². The van der Waals surface area contributed by atoms with E-state index in [-0.39, 0.29) is 24.6 Å². The summed E-state index contributed by atoms with van der Waals surface area (Å²) >= 11 is 0. The lowest BCUT2D eigenvalue weighted by molar-refractivity contribution is -0.148. The summed E-state index contributed by atoms with van der Waals surface area (Å²) in [5.74, 6) is -2.46. The van der Waals surface area contributed by atoms with Gasteiger partial charge in [0.2, 0.25) is 0 Å². The molecule has 0 spiro atoms. The van der Waals surface area contributed by atoms with Crippen molar-refractivity contribution in [3.8, 4) is 0 Å². The van der Waals surface area contributed by atoms with Crippen molar-refractivity contribution >= 4 is 30.1 Å². The Kier molecular flexibility index (Phi) is 18.9. The molecule has 40 heavy (non-hydrogen) atoms. The molecule has 224 valence electrons. The molecule has 2 atom stereocenters. The molecule has 2 aromatic carbocycles. The number of Topliss-reactive ketones (excluding diaryl/α,β-unsaturated/α-hetero) is 1. The molecule has 6 nitrogen and oxygen atoms in total. The van der Waals surface area contributed by atoms with Crippen LogP contribution in [0.15, 0.2) is 60.7 Å². The zero-order chi connectivity index (χ0) is 29.3. The van der Waals surface area contributed by atoms with E-state index in [4.69, 9.17) is 10.2 Å². The van der Waals surface area contributed by atoms with E-state index < -0.39 is 23.3 Å². The minimum Gasteiger partial charge on any atom is -0.481 e. The highest BCUT2D eigenvalue weighted by Gasteiger charge is 2.41. The van der Waals surface area contributed by atoms with Crippen molar-refractivity contribution < 1.29 is 24.6 Å². The Morgan fingerprint density at radius 2 is 1.27 bits per heavy atom. The van der Waals surface area contributed by atoms with E-state index in [1.54, 1.807) is 0 Å². The Labute approximate surface area is 247 Å². The maximum absolute atomic E-state index is 13.2. The molecule has 2 N–H and O–H groups in total. The predicted octanol–water partition coefficient (Wildman–Crippen LogP) is 7.63. The van der Waals surface area contributed by atoms with Crippen LogP contribution in [-0.4, -0.2) is 53.0 Å². The molecule has 7 heteroatoms. The first-order valence-electron chi connectivity index (χ1n) is 14.3. The molecule has 0 heterocycles. The van der Waals surface area contributed by atoms with Crippen molar-refractivity contribution in [2.45, 2.75) is 96.4 Å². The number of carboxylic acids is 2. The quantitative estimate of drug-likeness (QED) is 0.188. The number of carbonyl (C=O) groups is 3. The van der Waals surface area contributed by atoms with Crippen molar-refractivity contribution in [3.63, 3.8) is 0 Å². The van der Waals surface area contributed by atoms with E-state index in [1.807, 2.05) is 43.3 Å². The van der Waals surface area contributed by atoms with Crippen LogP contribution in [0, 0.1) is 5.92 Å². The van der Waals surface area contributed by atoms with E-state index in [9.17, 15) is 14.4 Å². The molecule has 2 unspecified atom stereocenters. The third-order valence-corrected chi connectivity index (χ3v) is 7.49. The van der Waals surface area contributed by atoms with Gasteiger partial charge in [-0.25, -0.2) is 0 Å². The zero-order valence-corrected chi connectivity index (χ0v) is 25.8. The minimum atomic E-state index is -1.03. The van der Waals surface area contributed by atoms with Crippen LogP contribution in [0.4, 0.5) is 0 Å². The number of rotatable bonds is 17. The number of ketones is 1. The van der Waals surface area contributed by atoms with Crippen LogP contribution >= 0.6 is 12.4 Å². The molecule has 0 fully saturated rings. The van der Waals surface area contributed by atoms with Crippen molar-refractivity contribution in [1.82, 2.24) is 4.90 Å². The number of carbonyl (C=O) groups excluding carboxylic acids is 1. The number of unbranched alkanes of at least 4 members (excludes halogenated alkanes) is 5. The second kappa shape index (κ2) is 20.2. The van der Waals surface area contributed by atoms with Gasteiger partial charge in [-0.1, -0.05) is 113 Å². The summed E-state index contributed by atoms with van der Waals surface area (Å²) in [4.78, 5) is 36.5. The largest absolute Gasteiger partial charge is 0.481 e. The topological polar surface area (TPSA) is 94.9 Å². The normalized spacial score (nSPS) is 12.4. The highest BCUT2D eigenvalue weighted by molar-refractivity contribution is 5.93. The molecule has 0 aliphatic heterocycles. The first-order chi connectivity index (χ1) is 18.6. The number of benzene rings is 2. The van der Waals surface area contributed by atoms with Crippen LogP contribution in [0.2, 0.25) is 0 Å². The lowest BCUT2D eigenvalue weighted by Crippen LogP contribution is -2.42. The van der Waals surface area contributed by atoms with Crippen LogP contribution in [0.25, 0.3) is 0 Å². The standard InChI is InChI=1S/C21H27NO.C12H22O4.ClH/c1-5-20(23)21(16-17(2)22(3)4,18-12-8-6-9-13-18)19-14-10-7-11-15-19;1-2-3-4-5-6-7-8-10(12(15)16)9-11(13)14;/h6-15,17H,5,16H2,1-4H3;10H,2-9H2,1H3,(H,13,14)(H,15,16);1H. The predicted molar refractivity (Wildman–Crippen MR) is 165 cm³/mol. The molecule has 0 aliphatic carbocycles.